The number of pyridine rings is 1. The second-order valence-electron chi connectivity index (χ2n) is 11.1. The quantitative estimate of drug-likeness (QED) is 0.617. The van der Waals surface area contributed by atoms with E-state index in [0.29, 0.717) is 17.5 Å². The fourth-order valence-electron chi connectivity index (χ4n) is 7.11. The number of carbonyl (C=O) groups is 1. The second-order valence-corrected chi connectivity index (χ2v) is 11.1. The Morgan fingerprint density at radius 2 is 2.05 bits per heavy atom. The molecule has 1 amide bonds. The molecular weight excluding hydrogens is 481 g/mol. The van der Waals surface area contributed by atoms with Crippen molar-refractivity contribution in [2.45, 2.75) is 37.6 Å². The predicted octanol–water partition coefficient (Wildman–Crippen LogP) is 3.32. The molecule has 0 bridgehead atoms. The van der Waals surface area contributed by atoms with Gasteiger partial charge in [-0.15, -0.1) is 0 Å². The van der Waals surface area contributed by atoms with Crippen LogP contribution in [0, 0.1) is 34.4 Å². The molecule has 0 radical (unpaired) electrons. The van der Waals surface area contributed by atoms with Crippen molar-refractivity contribution in [1.82, 2.24) is 20.7 Å². The number of nitrogens with one attached hydrogen (secondary N) is 2. The van der Waals surface area contributed by atoms with E-state index in [4.69, 9.17) is 0 Å². The maximum Gasteiger partial charge on any atom is 0.275 e. The molecular formula is C27H29F3N6O. The van der Waals surface area contributed by atoms with E-state index in [-0.39, 0.29) is 66.2 Å². The SMILES string of the molecule is C=CC(=O)N1CC2(C1)CN(c1nc3c(F)cccc3c(C3C(C)CCC4NNCC43)c1C#N)CC2(F)F. The topological polar surface area (TPSA) is 84.3 Å². The highest BCUT2D eigenvalue weighted by atomic mass is 19.3. The summed E-state index contributed by atoms with van der Waals surface area (Å²) in [5.74, 6) is -3.60. The molecule has 4 aliphatic rings. The molecule has 4 unspecified atom stereocenters. The molecule has 1 spiro atoms. The number of hydrogen-bond donors (Lipinski definition) is 2. The lowest BCUT2D eigenvalue weighted by Crippen LogP contribution is -2.65. The number of alkyl halides is 2. The smallest absolute Gasteiger partial charge is 0.275 e. The Labute approximate surface area is 213 Å². The van der Waals surface area contributed by atoms with Crippen LogP contribution < -0.4 is 15.8 Å². The van der Waals surface area contributed by atoms with Gasteiger partial charge >= 0.3 is 0 Å². The minimum absolute atomic E-state index is 0.0663. The monoisotopic (exact) mass is 510 g/mol. The Balaban J connectivity index is 1.49. The van der Waals surface area contributed by atoms with Gasteiger partial charge in [0.05, 0.1) is 17.5 Å². The number of halogens is 3. The van der Waals surface area contributed by atoms with E-state index in [0.717, 1.165) is 18.9 Å². The molecule has 1 aromatic carbocycles. The standard InChI is InChI=1S/C27H29F3N6O/c1-3-21(37)35-11-26(12-35)13-36(14-27(26,29)30)25-17(9-31)23(16-5-4-6-19(28)24(16)33-25)22-15(2)7-8-20-18(22)10-32-34-20/h3-6,15,18,20,22,32,34H,1,7-8,10-14H2,2H3. The molecule has 3 aliphatic heterocycles. The van der Waals surface area contributed by atoms with Crippen molar-refractivity contribution in [3.8, 4) is 6.07 Å². The van der Waals surface area contributed by atoms with Gasteiger partial charge in [-0.1, -0.05) is 25.6 Å². The maximum atomic E-state index is 15.4. The fraction of sp³-hybridized carbons (Fsp3) is 0.519. The first-order chi connectivity index (χ1) is 17.7. The zero-order valence-electron chi connectivity index (χ0n) is 20.6. The average Bonchev–Trinajstić information content (AvgIpc) is 3.43. The predicted molar refractivity (Wildman–Crippen MR) is 132 cm³/mol. The summed E-state index contributed by atoms with van der Waals surface area (Å²) >= 11 is 0. The third-order valence-electron chi connectivity index (χ3n) is 9.01. The molecule has 2 aromatic rings. The number of nitriles is 1. The third kappa shape index (κ3) is 3.47. The summed E-state index contributed by atoms with van der Waals surface area (Å²) in [6.07, 6.45) is 3.04. The Morgan fingerprint density at radius 1 is 1.27 bits per heavy atom. The van der Waals surface area contributed by atoms with Gasteiger partial charge in [0.1, 0.15) is 23.2 Å². The molecule has 37 heavy (non-hydrogen) atoms. The summed E-state index contributed by atoms with van der Waals surface area (Å²) in [5, 5.41) is 11.0. The molecule has 6 rings (SSSR count). The second kappa shape index (κ2) is 8.43. The fourth-order valence-corrected chi connectivity index (χ4v) is 7.11. The Morgan fingerprint density at radius 3 is 2.78 bits per heavy atom. The lowest BCUT2D eigenvalue weighted by molar-refractivity contribution is -0.169. The Kier molecular flexibility index (Phi) is 5.51. The minimum atomic E-state index is -3.10. The van der Waals surface area contributed by atoms with Crippen molar-refractivity contribution in [1.29, 1.82) is 5.26 Å². The van der Waals surface area contributed by atoms with Crippen LogP contribution in [0.2, 0.25) is 0 Å². The maximum absolute atomic E-state index is 15.4. The van der Waals surface area contributed by atoms with Crippen LogP contribution in [0.25, 0.3) is 10.9 Å². The van der Waals surface area contributed by atoms with Crippen molar-refractivity contribution >= 4 is 22.6 Å². The van der Waals surface area contributed by atoms with E-state index in [9.17, 15) is 10.1 Å². The van der Waals surface area contributed by atoms with Crippen LogP contribution in [0.1, 0.15) is 36.8 Å². The largest absolute Gasteiger partial charge is 0.348 e. The first kappa shape index (κ1) is 24.2. The first-order valence-electron chi connectivity index (χ1n) is 12.7. The average molecular weight is 511 g/mol. The zero-order chi connectivity index (χ0) is 26.1. The van der Waals surface area contributed by atoms with Crippen LogP contribution in [0.15, 0.2) is 30.9 Å². The highest BCUT2D eigenvalue weighted by molar-refractivity contribution is 5.89. The van der Waals surface area contributed by atoms with Crippen LogP contribution in [0.5, 0.6) is 0 Å². The van der Waals surface area contributed by atoms with Crippen LogP contribution in [-0.4, -0.2) is 60.5 Å². The normalized spacial score (nSPS) is 29.7. The molecule has 1 aliphatic carbocycles. The van der Waals surface area contributed by atoms with Crippen molar-refractivity contribution in [2.75, 3.05) is 37.6 Å². The van der Waals surface area contributed by atoms with E-state index >= 15 is 13.2 Å². The van der Waals surface area contributed by atoms with Gasteiger partial charge in [0.2, 0.25) is 5.91 Å². The summed E-state index contributed by atoms with van der Waals surface area (Å²) in [7, 11) is 0. The van der Waals surface area contributed by atoms with Gasteiger partial charge in [-0.25, -0.2) is 18.2 Å². The molecule has 194 valence electrons. The molecule has 4 fully saturated rings. The summed E-state index contributed by atoms with van der Waals surface area (Å²) in [6, 6.07) is 7.21. The molecule has 7 nitrogen and oxygen atoms in total. The van der Waals surface area contributed by atoms with E-state index in [1.54, 1.807) is 12.1 Å². The van der Waals surface area contributed by atoms with Gasteiger partial charge in [0.25, 0.3) is 5.92 Å². The van der Waals surface area contributed by atoms with Crippen LogP contribution in [-0.2, 0) is 4.79 Å². The number of carbonyl (C=O) groups excluding carboxylic acids is 1. The van der Waals surface area contributed by atoms with Gasteiger partial charge < -0.3 is 9.80 Å². The van der Waals surface area contributed by atoms with Gasteiger partial charge in [-0.3, -0.25) is 15.6 Å². The number of amides is 1. The molecule has 1 saturated carbocycles. The third-order valence-corrected chi connectivity index (χ3v) is 9.01. The number of hydrogen-bond acceptors (Lipinski definition) is 6. The number of rotatable bonds is 3. The van der Waals surface area contributed by atoms with Crippen molar-refractivity contribution in [3.63, 3.8) is 0 Å². The molecule has 2 N–H and O–H groups in total. The summed E-state index contributed by atoms with van der Waals surface area (Å²) in [4.78, 5) is 19.3. The van der Waals surface area contributed by atoms with Crippen molar-refractivity contribution in [2.24, 2.45) is 17.3 Å². The van der Waals surface area contributed by atoms with Crippen molar-refractivity contribution in [3.05, 3.63) is 47.8 Å². The van der Waals surface area contributed by atoms with Crippen LogP contribution >= 0.6 is 0 Å². The minimum Gasteiger partial charge on any atom is -0.348 e. The van der Waals surface area contributed by atoms with Gasteiger partial charge in [0.15, 0.2) is 0 Å². The molecule has 4 heterocycles. The number of hydrazine groups is 1. The van der Waals surface area contributed by atoms with Crippen LogP contribution in [0.3, 0.4) is 0 Å². The lowest BCUT2D eigenvalue weighted by Gasteiger charge is -2.49. The van der Waals surface area contributed by atoms with Gasteiger partial charge in [-0.05, 0) is 48.3 Å². The molecule has 4 atom stereocenters. The van der Waals surface area contributed by atoms with E-state index in [2.05, 4.69) is 35.4 Å². The van der Waals surface area contributed by atoms with Crippen molar-refractivity contribution < 1.29 is 18.0 Å². The highest BCUT2D eigenvalue weighted by Crippen LogP contribution is 2.53. The number of benzene rings is 1. The number of fused-ring (bicyclic) bond motifs is 2. The molecule has 10 heteroatoms. The van der Waals surface area contributed by atoms with E-state index in [1.807, 2.05) is 0 Å². The summed E-state index contributed by atoms with van der Waals surface area (Å²) in [6.45, 7) is 5.38. The zero-order valence-corrected chi connectivity index (χ0v) is 20.6. The first-order valence-corrected chi connectivity index (χ1v) is 12.7. The number of likely N-dealkylation sites (tertiary alicyclic amines) is 1. The lowest BCUT2D eigenvalue weighted by atomic mass is 9.66. The van der Waals surface area contributed by atoms with Gasteiger partial charge in [0, 0.05) is 37.6 Å². The number of nitrogens with zero attached hydrogens (tertiary/aromatic N) is 4. The number of para-hydroxylation sites is 1. The molecule has 3 saturated heterocycles. The van der Waals surface area contributed by atoms with E-state index in [1.165, 1.54) is 15.9 Å². The van der Waals surface area contributed by atoms with E-state index < -0.39 is 23.7 Å². The van der Waals surface area contributed by atoms with Crippen LogP contribution in [0.4, 0.5) is 19.0 Å². The summed E-state index contributed by atoms with van der Waals surface area (Å²) in [5.41, 5.74) is 6.17. The Bertz CT molecular complexity index is 1330. The highest BCUT2D eigenvalue weighted by Gasteiger charge is 2.66. The van der Waals surface area contributed by atoms with Gasteiger partial charge in [-0.2, -0.15) is 5.26 Å². The molecule has 1 aromatic heterocycles. The number of anilines is 1. The number of aromatic nitrogens is 1. The Hall–Kier alpha value is -3.16. The summed E-state index contributed by atoms with van der Waals surface area (Å²) < 4.78 is 46.0.